The van der Waals surface area contributed by atoms with Gasteiger partial charge >= 0.3 is 0 Å². The number of benzene rings is 2. The third-order valence-corrected chi connectivity index (χ3v) is 5.00. The number of rotatable bonds is 4. The first-order valence-corrected chi connectivity index (χ1v) is 9.63. The van der Waals surface area contributed by atoms with E-state index in [1.165, 1.54) is 6.07 Å². The minimum absolute atomic E-state index is 0.152. The molecule has 1 atom stereocenters. The van der Waals surface area contributed by atoms with Crippen LogP contribution in [-0.2, 0) is 4.79 Å². The van der Waals surface area contributed by atoms with Gasteiger partial charge in [-0.1, -0.05) is 24.3 Å². The third-order valence-electron chi connectivity index (χ3n) is 5.00. The summed E-state index contributed by atoms with van der Waals surface area (Å²) in [6, 6.07) is 17.3. The Morgan fingerprint density at radius 3 is 2.50 bits per heavy atom. The lowest BCUT2D eigenvalue weighted by Crippen LogP contribution is -2.52. The Hall–Kier alpha value is -3.94. The number of piperidine rings is 1. The summed E-state index contributed by atoms with van der Waals surface area (Å²) < 4.78 is 1.07. The molecule has 1 fully saturated rings. The van der Waals surface area contributed by atoms with Gasteiger partial charge in [0.2, 0.25) is 5.91 Å². The molecule has 4 rings (SSSR count). The summed E-state index contributed by atoms with van der Waals surface area (Å²) in [6.45, 7) is 0.606. The van der Waals surface area contributed by atoms with Crippen LogP contribution in [-0.4, -0.2) is 34.2 Å². The molecule has 2 amide bonds. The van der Waals surface area contributed by atoms with Crippen LogP contribution in [0.5, 0.6) is 0 Å². The van der Waals surface area contributed by atoms with Crippen molar-refractivity contribution in [2.45, 2.75) is 18.9 Å². The van der Waals surface area contributed by atoms with Gasteiger partial charge < -0.3 is 10.2 Å². The van der Waals surface area contributed by atoms with E-state index in [0.29, 0.717) is 18.7 Å². The number of amides is 2. The number of hydrogen-bond donors (Lipinski definition) is 2. The second kappa shape index (κ2) is 8.20. The van der Waals surface area contributed by atoms with Gasteiger partial charge in [0.05, 0.1) is 5.69 Å². The fourth-order valence-corrected chi connectivity index (χ4v) is 3.52. The van der Waals surface area contributed by atoms with E-state index in [1.54, 1.807) is 23.1 Å². The van der Waals surface area contributed by atoms with Crippen LogP contribution in [0.15, 0.2) is 76.3 Å². The van der Waals surface area contributed by atoms with Crippen LogP contribution in [0.2, 0.25) is 0 Å². The zero-order valence-corrected chi connectivity index (χ0v) is 16.1. The van der Waals surface area contributed by atoms with Crippen molar-refractivity contribution in [1.82, 2.24) is 15.1 Å². The molecule has 1 aromatic heterocycles. The van der Waals surface area contributed by atoms with Crippen molar-refractivity contribution < 1.29 is 9.59 Å². The monoisotopic (exact) mass is 404 g/mol. The van der Waals surface area contributed by atoms with Crippen molar-refractivity contribution in [2.24, 2.45) is 0 Å². The topological polar surface area (TPSA) is 104 Å². The van der Waals surface area contributed by atoms with E-state index < -0.39 is 23.1 Å². The molecule has 1 unspecified atom stereocenters. The Labute approximate surface area is 171 Å². The normalized spacial score (nSPS) is 16.3. The first-order valence-electron chi connectivity index (χ1n) is 9.63. The summed E-state index contributed by atoms with van der Waals surface area (Å²) in [7, 11) is 0. The molecule has 152 valence electrons. The Kier molecular flexibility index (Phi) is 5.30. The highest BCUT2D eigenvalue weighted by atomic mass is 16.2. The summed E-state index contributed by atoms with van der Waals surface area (Å²) in [5, 5.41) is 5.23. The van der Waals surface area contributed by atoms with Gasteiger partial charge in [-0.05, 0) is 43.2 Å². The molecule has 0 aliphatic carbocycles. The van der Waals surface area contributed by atoms with Gasteiger partial charge in [-0.25, -0.2) is 4.68 Å². The van der Waals surface area contributed by atoms with E-state index in [9.17, 15) is 19.2 Å². The first kappa shape index (κ1) is 19.4. The Balaban J connectivity index is 1.54. The maximum absolute atomic E-state index is 12.9. The Morgan fingerprint density at radius 2 is 1.70 bits per heavy atom. The van der Waals surface area contributed by atoms with E-state index in [2.05, 4.69) is 10.4 Å². The van der Waals surface area contributed by atoms with Crippen LogP contribution >= 0.6 is 0 Å². The third kappa shape index (κ3) is 3.93. The van der Waals surface area contributed by atoms with Crippen molar-refractivity contribution in [2.75, 3.05) is 11.4 Å². The highest BCUT2D eigenvalue weighted by Gasteiger charge is 2.31. The summed E-state index contributed by atoms with van der Waals surface area (Å²) in [5.41, 5.74) is 0.585. The lowest BCUT2D eigenvalue weighted by molar-refractivity contribution is -0.121. The highest BCUT2D eigenvalue weighted by molar-refractivity contribution is 6.03. The molecule has 0 radical (unpaired) electrons. The fraction of sp³-hybridized carbons (Fsp3) is 0.182. The molecule has 2 aromatic carbocycles. The summed E-state index contributed by atoms with van der Waals surface area (Å²) in [4.78, 5) is 50.9. The van der Waals surface area contributed by atoms with Crippen LogP contribution in [0.25, 0.3) is 5.69 Å². The van der Waals surface area contributed by atoms with Gasteiger partial charge in [0.15, 0.2) is 0 Å². The number of H-pyrrole nitrogens is 1. The van der Waals surface area contributed by atoms with E-state index in [0.717, 1.165) is 28.9 Å². The van der Waals surface area contributed by atoms with Crippen molar-refractivity contribution in [1.29, 1.82) is 0 Å². The summed E-state index contributed by atoms with van der Waals surface area (Å²) >= 11 is 0. The molecule has 8 nitrogen and oxygen atoms in total. The average molecular weight is 404 g/mol. The van der Waals surface area contributed by atoms with E-state index in [-0.39, 0.29) is 11.5 Å². The van der Waals surface area contributed by atoms with Crippen LogP contribution in [0.4, 0.5) is 5.69 Å². The van der Waals surface area contributed by atoms with E-state index in [4.69, 9.17) is 0 Å². The SMILES string of the molecule is O=C(NC1CCCN(c2ccccc2)C1=O)c1cccc(-n2[nH]c(=O)ccc2=O)c1. The van der Waals surface area contributed by atoms with Gasteiger partial charge in [0, 0.05) is 29.9 Å². The van der Waals surface area contributed by atoms with E-state index in [1.807, 2.05) is 30.3 Å². The summed E-state index contributed by atoms with van der Waals surface area (Å²) in [6.07, 6.45) is 1.32. The molecule has 0 spiro atoms. The molecule has 2 N–H and O–H groups in total. The predicted molar refractivity (Wildman–Crippen MR) is 112 cm³/mol. The minimum atomic E-state index is -0.630. The van der Waals surface area contributed by atoms with E-state index >= 15 is 0 Å². The molecule has 3 aromatic rings. The largest absolute Gasteiger partial charge is 0.340 e. The average Bonchev–Trinajstić information content (AvgIpc) is 2.77. The number of nitrogens with zero attached hydrogens (tertiary/aromatic N) is 2. The van der Waals surface area contributed by atoms with Gasteiger partial charge in [-0.3, -0.25) is 24.3 Å². The van der Waals surface area contributed by atoms with Crippen LogP contribution < -0.4 is 21.3 Å². The molecular formula is C22H20N4O4. The van der Waals surface area contributed by atoms with Gasteiger partial charge in [-0.2, -0.15) is 0 Å². The fourth-order valence-electron chi connectivity index (χ4n) is 3.52. The smallest absolute Gasteiger partial charge is 0.269 e. The molecule has 1 saturated heterocycles. The van der Waals surface area contributed by atoms with Crippen LogP contribution in [0.1, 0.15) is 23.2 Å². The van der Waals surface area contributed by atoms with Crippen LogP contribution in [0.3, 0.4) is 0 Å². The predicted octanol–water partition coefficient (Wildman–Crippen LogP) is 1.45. The zero-order chi connectivity index (χ0) is 21.1. The molecule has 8 heteroatoms. The van der Waals surface area contributed by atoms with Crippen molar-refractivity contribution in [3.63, 3.8) is 0 Å². The highest BCUT2D eigenvalue weighted by Crippen LogP contribution is 2.21. The van der Waals surface area contributed by atoms with Crippen LogP contribution in [0, 0.1) is 0 Å². The van der Waals surface area contributed by atoms with Gasteiger partial charge in [-0.15, -0.1) is 0 Å². The van der Waals surface area contributed by atoms with Gasteiger partial charge in [0.25, 0.3) is 17.0 Å². The minimum Gasteiger partial charge on any atom is -0.340 e. The lowest BCUT2D eigenvalue weighted by Gasteiger charge is -2.32. The van der Waals surface area contributed by atoms with Crippen molar-refractivity contribution in [3.05, 3.63) is 93.0 Å². The van der Waals surface area contributed by atoms with Crippen molar-refractivity contribution in [3.8, 4) is 5.69 Å². The number of anilines is 1. The Morgan fingerprint density at radius 1 is 0.933 bits per heavy atom. The Bertz CT molecular complexity index is 1200. The molecule has 0 bridgehead atoms. The number of carbonyl (C=O) groups excluding carboxylic acids is 2. The van der Waals surface area contributed by atoms with Gasteiger partial charge in [0.1, 0.15) is 6.04 Å². The molecule has 30 heavy (non-hydrogen) atoms. The first-order chi connectivity index (χ1) is 14.5. The molecule has 1 aliphatic rings. The number of para-hydroxylation sites is 1. The lowest BCUT2D eigenvalue weighted by atomic mass is 10.0. The number of nitrogens with one attached hydrogen (secondary N) is 2. The number of hydrogen-bond acceptors (Lipinski definition) is 4. The standard InChI is InChI=1S/C22H20N4O4/c27-19-11-12-20(28)26(24-19)17-9-4-6-15(14-17)21(29)23-18-10-5-13-25(22(18)30)16-7-2-1-3-8-16/h1-4,6-9,11-12,14,18H,5,10,13H2,(H,23,29)(H,24,27). The second-order valence-electron chi connectivity index (χ2n) is 7.03. The van der Waals surface area contributed by atoms with Crippen molar-refractivity contribution >= 4 is 17.5 Å². The molecule has 1 aliphatic heterocycles. The molecular weight excluding hydrogens is 384 g/mol. The maximum atomic E-state index is 12.9. The number of aromatic amines is 1. The zero-order valence-electron chi connectivity index (χ0n) is 16.1. The maximum Gasteiger partial charge on any atom is 0.269 e. The molecule has 2 heterocycles. The number of carbonyl (C=O) groups is 2. The summed E-state index contributed by atoms with van der Waals surface area (Å²) in [5.74, 6) is -0.572. The molecule has 0 saturated carbocycles. The number of aromatic nitrogens is 2. The second-order valence-corrected chi connectivity index (χ2v) is 7.03. The quantitative estimate of drug-likeness (QED) is 0.687.